The van der Waals surface area contributed by atoms with Crippen molar-refractivity contribution in [3.63, 3.8) is 0 Å². The Morgan fingerprint density at radius 1 is 1.03 bits per heavy atom. The molecule has 7 heteroatoms. The Labute approximate surface area is 219 Å². The van der Waals surface area contributed by atoms with Crippen molar-refractivity contribution >= 4 is 33.4 Å². The molecule has 1 aliphatic heterocycles. The van der Waals surface area contributed by atoms with Crippen LogP contribution in [0.1, 0.15) is 28.3 Å². The van der Waals surface area contributed by atoms with Crippen molar-refractivity contribution in [2.45, 2.75) is 19.6 Å². The summed E-state index contributed by atoms with van der Waals surface area (Å²) in [6.07, 6.45) is 0. The molecule has 36 heavy (non-hydrogen) atoms. The van der Waals surface area contributed by atoms with Gasteiger partial charge in [0.05, 0.1) is 11.6 Å². The molecule has 1 aliphatic rings. The highest BCUT2D eigenvalue weighted by molar-refractivity contribution is 9.10. The lowest BCUT2D eigenvalue weighted by Crippen LogP contribution is -2.35. The minimum atomic E-state index is -0.684. The lowest BCUT2D eigenvalue weighted by atomic mass is 9.95. The molecule has 0 saturated carbocycles. The lowest BCUT2D eigenvalue weighted by molar-refractivity contribution is -0.140. The molecule has 3 aromatic carbocycles. The van der Waals surface area contributed by atoms with Gasteiger partial charge < -0.3 is 19.6 Å². The van der Waals surface area contributed by atoms with E-state index in [0.717, 1.165) is 15.6 Å². The number of ether oxygens (including phenoxy) is 1. The monoisotopic (exact) mass is 548 g/mol. The van der Waals surface area contributed by atoms with Crippen molar-refractivity contribution in [3.05, 3.63) is 105 Å². The van der Waals surface area contributed by atoms with Gasteiger partial charge in [-0.3, -0.25) is 9.59 Å². The number of hydrogen-bond acceptors (Lipinski definition) is 5. The van der Waals surface area contributed by atoms with Gasteiger partial charge >= 0.3 is 0 Å². The number of halogens is 1. The summed E-state index contributed by atoms with van der Waals surface area (Å²) in [5.41, 5.74) is 3.52. The summed E-state index contributed by atoms with van der Waals surface area (Å²) in [5.74, 6) is -0.851. The summed E-state index contributed by atoms with van der Waals surface area (Å²) in [7, 11) is 3.82. The first kappa shape index (κ1) is 25.7. The van der Waals surface area contributed by atoms with E-state index in [9.17, 15) is 14.7 Å². The lowest BCUT2D eigenvalue weighted by Gasteiger charge is -2.26. The average Bonchev–Trinajstić information content (AvgIpc) is 3.11. The van der Waals surface area contributed by atoms with Crippen molar-refractivity contribution in [1.29, 1.82) is 0 Å². The standard InChI is InChI=1S/C29H29BrN2O4/c1-19-6-4-7-20(16-19)18-36-24-12-10-21(11-13-24)27(33)25-26(22-8-5-9-23(30)17-22)32(15-14-31(2)3)29(35)28(25)34/h4-13,16-17,26,33H,14-15,18H2,1-3H3/b27-25+. The molecule has 1 unspecified atom stereocenters. The number of nitrogens with zero attached hydrogens (tertiary/aromatic N) is 2. The molecule has 0 aliphatic carbocycles. The van der Waals surface area contributed by atoms with Crippen LogP contribution in [0.25, 0.3) is 5.76 Å². The fourth-order valence-corrected chi connectivity index (χ4v) is 4.69. The number of ketones is 1. The minimum absolute atomic E-state index is 0.0882. The zero-order valence-corrected chi connectivity index (χ0v) is 22.2. The van der Waals surface area contributed by atoms with E-state index >= 15 is 0 Å². The van der Waals surface area contributed by atoms with E-state index in [0.29, 0.717) is 31.0 Å². The van der Waals surface area contributed by atoms with Crippen molar-refractivity contribution in [3.8, 4) is 5.75 Å². The van der Waals surface area contributed by atoms with Crippen molar-refractivity contribution in [2.24, 2.45) is 0 Å². The van der Waals surface area contributed by atoms with Crippen LogP contribution in [0, 0.1) is 6.92 Å². The summed E-state index contributed by atoms with van der Waals surface area (Å²) >= 11 is 3.48. The average molecular weight is 549 g/mol. The number of carbonyl (C=O) groups is 2. The zero-order valence-electron chi connectivity index (χ0n) is 20.6. The first-order valence-electron chi connectivity index (χ1n) is 11.7. The number of hydrogen-bond donors (Lipinski definition) is 1. The van der Waals surface area contributed by atoms with Crippen LogP contribution < -0.4 is 4.74 Å². The molecule has 1 atom stereocenters. The van der Waals surface area contributed by atoms with Crippen molar-refractivity contribution in [1.82, 2.24) is 9.80 Å². The van der Waals surface area contributed by atoms with E-state index in [-0.39, 0.29) is 11.3 Å². The number of likely N-dealkylation sites (tertiary alicyclic amines) is 1. The molecule has 0 bridgehead atoms. The number of carbonyl (C=O) groups excluding carboxylic acids is 2. The Morgan fingerprint density at radius 3 is 2.42 bits per heavy atom. The fraction of sp³-hybridized carbons (Fsp3) is 0.241. The fourth-order valence-electron chi connectivity index (χ4n) is 4.27. The Kier molecular flexibility index (Phi) is 7.91. The van der Waals surface area contributed by atoms with Gasteiger partial charge in [0.25, 0.3) is 11.7 Å². The summed E-state index contributed by atoms with van der Waals surface area (Å²) in [5, 5.41) is 11.3. The SMILES string of the molecule is Cc1cccc(COc2ccc(/C(O)=C3\C(=O)C(=O)N(CCN(C)C)C3c3cccc(Br)c3)cc2)c1. The first-order chi connectivity index (χ1) is 17.2. The maximum absolute atomic E-state index is 13.1. The summed E-state index contributed by atoms with van der Waals surface area (Å²) in [6.45, 7) is 3.40. The predicted molar refractivity (Wildman–Crippen MR) is 144 cm³/mol. The second kappa shape index (κ2) is 11.1. The van der Waals surface area contributed by atoms with Crippen molar-refractivity contribution in [2.75, 3.05) is 27.2 Å². The third-order valence-corrected chi connectivity index (χ3v) is 6.60. The Hall–Kier alpha value is -3.42. The number of benzene rings is 3. The van der Waals surface area contributed by atoms with E-state index in [1.807, 2.05) is 68.4 Å². The normalized spacial score (nSPS) is 17.1. The molecule has 6 nitrogen and oxygen atoms in total. The third kappa shape index (κ3) is 5.69. The second-order valence-electron chi connectivity index (χ2n) is 9.15. The molecule has 186 valence electrons. The van der Waals surface area contributed by atoms with Crippen LogP contribution in [0.3, 0.4) is 0 Å². The number of likely N-dealkylation sites (N-methyl/N-ethyl adjacent to an activating group) is 1. The zero-order chi connectivity index (χ0) is 25.8. The maximum atomic E-state index is 13.1. The molecule has 3 aromatic rings. The molecular formula is C29H29BrN2O4. The quantitative estimate of drug-likeness (QED) is 0.234. The number of aliphatic hydroxyl groups is 1. The van der Waals surface area contributed by atoms with Gasteiger partial charge in [-0.2, -0.15) is 0 Å². The number of aliphatic hydroxyl groups excluding tert-OH is 1. The number of amides is 1. The highest BCUT2D eigenvalue weighted by atomic mass is 79.9. The second-order valence-corrected chi connectivity index (χ2v) is 10.1. The number of aryl methyl sites for hydroxylation is 1. The van der Waals surface area contributed by atoms with E-state index in [1.54, 1.807) is 24.3 Å². The largest absolute Gasteiger partial charge is 0.507 e. The Bertz CT molecular complexity index is 1300. The highest BCUT2D eigenvalue weighted by Gasteiger charge is 2.45. The van der Waals surface area contributed by atoms with Gasteiger partial charge in [0.1, 0.15) is 18.1 Å². The van der Waals surface area contributed by atoms with Gasteiger partial charge in [0.2, 0.25) is 0 Å². The van der Waals surface area contributed by atoms with Crippen molar-refractivity contribution < 1.29 is 19.4 Å². The first-order valence-corrected chi connectivity index (χ1v) is 12.5. The minimum Gasteiger partial charge on any atom is -0.507 e. The van der Waals surface area contributed by atoms with Gasteiger partial charge in [-0.25, -0.2) is 0 Å². The van der Waals surface area contributed by atoms with Crippen LogP contribution in [0.5, 0.6) is 5.75 Å². The summed E-state index contributed by atoms with van der Waals surface area (Å²) < 4.78 is 6.71. The van der Waals surface area contributed by atoms with Crippen LogP contribution in [0.4, 0.5) is 0 Å². The van der Waals surface area contributed by atoms with Crippen LogP contribution in [0.2, 0.25) is 0 Å². The van der Waals surface area contributed by atoms with E-state index in [1.165, 1.54) is 10.5 Å². The van der Waals surface area contributed by atoms with E-state index < -0.39 is 17.7 Å². The van der Waals surface area contributed by atoms with Gasteiger partial charge in [0, 0.05) is 23.1 Å². The summed E-state index contributed by atoms with van der Waals surface area (Å²) in [6, 6.07) is 21.8. The number of Topliss-reactive ketones (excluding diaryl/α,β-unsaturated/α-hetero) is 1. The maximum Gasteiger partial charge on any atom is 0.295 e. The predicted octanol–water partition coefficient (Wildman–Crippen LogP) is 5.32. The summed E-state index contributed by atoms with van der Waals surface area (Å²) in [4.78, 5) is 29.6. The topological polar surface area (TPSA) is 70.1 Å². The molecule has 1 amide bonds. The van der Waals surface area contributed by atoms with Crippen LogP contribution >= 0.6 is 15.9 Å². The van der Waals surface area contributed by atoms with Gasteiger partial charge in [-0.1, -0.05) is 57.9 Å². The molecule has 4 rings (SSSR count). The molecule has 1 fully saturated rings. The molecule has 1 saturated heterocycles. The van der Waals surface area contributed by atoms with Crippen LogP contribution in [-0.4, -0.2) is 53.8 Å². The Morgan fingerprint density at radius 2 is 1.75 bits per heavy atom. The molecule has 1 N–H and O–H groups in total. The van der Waals surface area contributed by atoms with Gasteiger partial charge in [0.15, 0.2) is 0 Å². The molecular weight excluding hydrogens is 520 g/mol. The number of rotatable bonds is 8. The van der Waals surface area contributed by atoms with Crippen LogP contribution in [0.15, 0.2) is 82.8 Å². The van der Waals surface area contributed by atoms with Gasteiger partial charge in [-0.15, -0.1) is 0 Å². The molecule has 0 radical (unpaired) electrons. The van der Waals surface area contributed by atoms with Crippen LogP contribution in [-0.2, 0) is 16.2 Å². The van der Waals surface area contributed by atoms with E-state index in [4.69, 9.17) is 4.74 Å². The van der Waals surface area contributed by atoms with Gasteiger partial charge in [-0.05, 0) is 68.5 Å². The molecule has 0 spiro atoms. The highest BCUT2D eigenvalue weighted by Crippen LogP contribution is 2.40. The molecule has 1 heterocycles. The smallest absolute Gasteiger partial charge is 0.295 e. The Balaban J connectivity index is 1.64. The molecule has 0 aromatic heterocycles. The third-order valence-electron chi connectivity index (χ3n) is 6.11. The van der Waals surface area contributed by atoms with E-state index in [2.05, 4.69) is 22.0 Å².